The molecule has 1 N–H and O–H groups in total. The van der Waals surface area contributed by atoms with Crippen molar-refractivity contribution in [1.29, 1.82) is 0 Å². The summed E-state index contributed by atoms with van der Waals surface area (Å²) >= 11 is 0. The number of hydrogen-bond acceptors (Lipinski definition) is 4. The molecule has 0 aromatic carbocycles. The molecular weight excluding hydrogens is 184 g/mol. The molecule has 0 rings (SSSR count). The van der Waals surface area contributed by atoms with Crippen molar-refractivity contribution in [2.24, 2.45) is 0 Å². The molecule has 1 atom stereocenters. The number of unbranched alkanes of at least 4 members (excludes halogenated alkanes) is 2. The Balaban J connectivity index is 3.30. The van der Waals surface area contributed by atoms with Gasteiger partial charge in [0.05, 0.1) is 0 Å². The van der Waals surface area contributed by atoms with Gasteiger partial charge in [0.25, 0.3) is 0 Å². The van der Waals surface area contributed by atoms with E-state index in [2.05, 4.69) is 11.3 Å². The van der Waals surface area contributed by atoms with E-state index in [1.54, 1.807) is 7.11 Å². The molecule has 0 saturated carbocycles. The van der Waals surface area contributed by atoms with Crippen molar-refractivity contribution in [2.45, 2.75) is 32.0 Å². The predicted octanol–water partition coefficient (Wildman–Crippen LogP) is 1.24. The third-order valence-corrected chi connectivity index (χ3v) is 1.72. The van der Waals surface area contributed by atoms with Crippen LogP contribution >= 0.6 is 0 Å². The molecule has 0 aromatic rings. The summed E-state index contributed by atoms with van der Waals surface area (Å²) in [5.41, 5.74) is 0. The van der Waals surface area contributed by atoms with Crippen molar-refractivity contribution in [2.75, 3.05) is 13.7 Å². The molecule has 0 saturated heterocycles. The van der Waals surface area contributed by atoms with Crippen molar-refractivity contribution in [3.8, 4) is 0 Å². The van der Waals surface area contributed by atoms with Crippen LogP contribution in [0.3, 0.4) is 0 Å². The van der Waals surface area contributed by atoms with Gasteiger partial charge in [0.1, 0.15) is 0 Å². The lowest BCUT2D eigenvalue weighted by Gasteiger charge is -2.09. The second kappa shape index (κ2) is 8.72. The fourth-order valence-corrected chi connectivity index (χ4v) is 0.983. The molecule has 82 valence electrons. The number of methoxy groups -OCH3 is 1. The first kappa shape index (κ1) is 13.1. The van der Waals surface area contributed by atoms with Crippen molar-refractivity contribution >= 4 is 5.97 Å². The number of carbonyl (C=O) groups excluding carboxylic acids is 1. The standard InChI is InChI=1S/C10H18O4/c1-3-9(11)14-10(12)7-5-4-6-8-13-2/h3,10,12H,1,4-8H2,2H3. The van der Waals surface area contributed by atoms with Gasteiger partial charge in [-0.15, -0.1) is 0 Å². The van der Waals surface area contributed by atoms with E-state index in [4.69, 9.17) is 4.74 Å². The highest BCUT2D eigenvalue weighted by Crippen LogP contribution is 2.05. The number of aliphatic hydroxyl groups is 1. The van der Waals surface area contributed by atoms with E-state index in [0.29, 0.717) is 6.42 Å². The number of ether oxygens (including phenoxy) is 2. The molecule has 0 aromatic heterocycles. The van der Waals surface area contributed by atoms with Gasteiger partial charge in [-0.25, -0.2) is 4.79 Å². The second-order valence-electron chi connectivity index (χ2n) is 2.94. The molecule has 1 unspecified atom stereocenters. The van der Waals surface area contributed by atoms with E-state index in [-0.39, 0.29) is 0 Å². The monoisotopic (exact) mass is 202 g/mol. The Morgan fingerprint density at radius 1 is 1.50 bits per heavy atom. The van der Waals surface area contributed by atoms with Crippen molar-refractivity contribution in [3.63, 3.8) is 0 Å². The zero-order valence-electron chi connectivity index (χ0n) is 8.57. The Hall–Kier alpha value is -0.870. The summed E-state index contributed by atoms with van der Waals surface area (Å²) in [6.45, 7) is 3.96. The molecule has 4 nitrogen and oxygen atoms in total. The molecule has 0 radical (unpaired) electrons. The minimum atomic E-state index is -1.01. The van der Waals surface area contributed by atoms with Gasteiger partial charge >= 0.3 is 5.97 Å². The van der Waals surface area contributed by atoms with E-state index in [9.17, 15) is 9.90 Å². The van der Waals surface area contributed by atoms with Crippen LogP contribution in [0.4, 0.5) is 0 Å². The number of carbonyl (C=O) groups is 1. The van der Waals surface area contributed by atoms with Gasteiger partial charge in [0.2, 0.25) is 6.29 Å². The normalized spacial score (nSPS) is 12.1. The van der Waals surface area contributed by atoms with Crippen LogP contribution in [0, 0.1) is 0 Å². The summed E-state index contributed by atoms with van der Waals surface area (Å²) in [6.07, 6.45) is 3.21. The van der Waals surface area contributed by atoms with Crippen LogP contribution < -0.4 is 0 Å². The first-order chi connectivity index (χ1) is 6.70. The molecule has 0 bridgehead atoms. The van der Waals surface area contributed by atoms with Crippen LogP contribution in [0.5, 0.6) is 0 Å². The smallest absolute Gasteiger partial charge is 0.332 e. The maximum Gasteiger partial charge on any atom is 0.332 e. The summed E-state index contributed by atoms with van der Waals surface area (Å²) in [6, 6.07) is 0. The Morgan fingerprint density at radius 3 is 2.79 bits per heavy atom. The Labute approximate surface area is 84.5 Å². The SMILES string of the molecule is C=CC(=O)OC(O)CCCCCOC. The predicted molar refractivity (Wildman–Crippen MR) is 52.6 cm³/mol. The highest BCUT2D eigenvalue weighted by Gasteiger charge is 2.06. The van der Waals surface area contributed by atoms with Crippen molar-refractivity contribution < 1.29 is 19.4 Å². The van der Waals surface area contributed by atoms with Gasteiger partial charge in [-0.3, -0.25) is 0 Å². The summed E-state index contributed by atoms with van der Waals surface area (Å²) in [5, 5.41) is 9.19. The number of hydrogen-bond donors (Lipinski definition) is 1. The topological polar surface area (TPSA) is 55.8 Å². The van der Waals surface area contributed by atoms with Crippen molar-refractivity contribution in [3.05, 3.63) is 12.7 Å². The summed E-state index contributed by atoms with van der Waals surface area (Å²) in [7, 11) is 1.65. The molecular formula is C10H18O4. The van der Waals surface area contributed by atoms with Crippen LogP contribution in [0.15, 0.2) is 12.7 Å². The zero-order chi connectivity index (χ0) is 10.8. The van der Waals surface area contributed by atoms with Gasteiger partial charge in [-0.05, 0) is 12.8 Å². The minimum absolute atomic E-state index is 0.462. The molecule has 0 fully saturated rings. The Kier molecular flexibility index (Phi) is 8.17. The number of rotatable bonds is 8. The van der Waals surface area contributed by atoms with Crippen LogP contribution in [0.25, 0.3) is 0 Å². The molecule has 4 heteroatoms. The van der Waals surface area contributed by atoms with Gasteiger partial charge < -0.3 is 14.6 Å². The zero-order valence-corrected chi connectivity index (χ0v) is 8.57. The van der Waals surface area contributed by atoms with Gasteiger partial charge in [0.15, 0.2) is 0 Å². The molecule has 0 aliphatic carbocycles. The first-order valence-electron chi connectivity index (χ1n) is 4.70. The molecule has 0 amide bonds. The van der Waals surface area contributed by atoms with Crippen LogP contribution in [0.1, 0.15) is 25.7 Å². The molecule has 0 aliphatic heterocycles. The summed E-state index contributed by atoms with van der Waals surface area (Å²) in [4.78, 5) is 10.6. The third kappa shape index (κ3) is 7.76. The maximum absolute atomic E-state index is 10.6. The fourth-order valence-electron chi connectivity index (χ4n) is 0.983. The van der Waals surface area contributed by atoms with Gasteiger partial charge in [-0.2, -0.15) is 0 Å². The van der Waals surface area contributed by atoms with E-state index in [0.717, 1.165) is 31.9 Å². The summed E-state index contributed by atoms with van der Waals surface area (Å²) in [5.74, 6) is -0.589. The van der Waals surface area contributed by atoms with Gasteiger partial charge in [-0.1, -0.05) is 13.0 Å². The van der Waals surface area contributed by atoms with Gasteiger partial charge in [0, 0.05) is 26.2 Å². The van der Waals surface area contributed by atoms with E-state index in [1.165, 1.54) is 0 Å². The average molecular weight is 202 g/mol. The fraction of sp³-hybridized carbons (Fsp3) is 0.700. The largest absolute Gasteiger partial charge is 0.433 e. The summed E-state index contributed by atoms with van der Waals surface area (Å²) < 4.78 is 9.44. The Morgan fingerprint density at radius 2 is 2.21 bits per heavy atom. The van der Waals surface area contributed by atoms with Crippen LogP contribution in [-0.2, 0) is 14.3 Å². The third-order valence-electron chi connectivity index (χ3n) is 1.72. The van der Waals surface area contributed by atoms with Crippen LogP contribution in [0.2, 0.25) is 0 Å². The molecule has 0 spiro atoms. The maximum atomic E-state index is 10.6. The molecule has 0 aliphatic rings. The lowest BCUT2D eigenvalue weighted by atomic mass is 10.2. The van der Waals surface area contributed by atoms with Crippen molar-refractivity contribution in [1.82, 2.24) is 0 Å². The quantitative estimate of drug-likeness (QED) is 0.278. The number of aliphatic hydroxyl groups excluding tert-OH is 1. The van der Waals surface area contributed by atoms with E-state index < -0.39 is 12.3 Å². The molecule has 14 heavy (non-hydrogen) atoms. The second-order valence-corrected chi connectivity index (χ2v) is 2.94. The minimum Gasteiger partial charge on any atom is -0.433 e. The average Bonchev–Trinajstić information content (AvgIpc) is 2.17. The number of esters is 1. The molecule has 0 heterocycles. The van der Waals surface area contributed by atoms with Crippen LogP contribution in [-0.4, -0.2) is 31.1 Å². The highest BCUT2D eigenvalue weighted by atomic mass is 16.6. The first-order valence-corrected chi connectivity index (χ1v) is 4.70. The van der Waals surface area contributed by atoms with E-state index in [1.807, 2.05) is 0 Å². The lowest BCUT2D eigenvalue weighted by Crippen LogP contribution is -2.15. The lowest BCUT2D eigenvalue weighted by molar-refractivity contribution is -0.162. The highest BCUT2D eigenvalue weighted by molar-refractivity contribution is 5.81. The Bertz CT molecular complexity index is 168. The van der Waals surface area contributed by atoms with E-state index >= 15 is 0 Å².